The molecule has 0 radical (unpaired) electrons. The molecule has 0 bridgehead atoms. The Morgan fingerprint density at radius 1 is 1.42 bits per heavy atom. The Hall–Kier alpha value is -0.940. The third kappa shape index (κ3) is 2.98. The van der Waals surface area contributed by atoms with Crippen molar-refractivity contribution in [2.75, 3.05) is 12.8 Å². The largest absolute Gasteiger partial charge is 0.308 e. The van der Waals surface area contributed by atoms with Crippen molar-refractivity contribution in [3.63, 3.8) is 0 Å². The highest BCUT2D eigenvalue weighted by molar-refractivity contribution is 7.92. The molecular weight excluding hydrogens is 265 g/mol. The van der Waals surface area contributed by atoms with Gasteiger partial charge < -0.3 is 5.32 Å². The molecule has 106 valence electrons. The first-order valence-corrected chi connectivity index (χ1v) is 8.31. The second kappa shape index (κ2) is 4.87. The molecule has 1 unspecified atom stereocenters. The summed E-state index contributed by atoms with van der Waals surface area (Å²) in [6.45, 7) is 3.83. The van der Waals surface area contributed by atoms with Gasteiger partial charge in [-0.3, -0.25) is 0 Å². The summed E-state index contributed by atoms with van der Waals surface area (Å²) >= 11 is 0. The standard InChI is InChI=1S/C14H20FNO2S/c1-14(2,19(3,17)18)9-16-13-7-4-10-8-11(15)5-6-12(10)13/h5-6,8,13,16H,4,7,9H2,1-3H3. The van der Waals surface area contributed by atoms with Crippen LogP contribution >= 0.6 is 0 Å². The second-order valence-electron chi connectivity index (χ2n) is 5.85. The maximum absolute atomic E-state index is 13.1. The first-order chi connectivity index (χ1) is 8.71. The number of rotatable bonds is 4. The molecular formula is C14H20FNO2S. The molecule has 1 N–H and O–H groups in total. The van der Waals surface area contributed by atoms with Crippen LogP contribution in [0.4, 0.5) is 4.39 Å². The summed E-state index contributed by atoms with van der Waals surface area (Å²) in [7, 11) is -3.10. The minimum absolute atomic E-state index is 0.122. The molecule has 19 heavy (non-hydrogen) atoms. The Bertz CT molecular complexity index is 581. The van der Waals surface area contributed by atoms with Crippen molar-refractivity contribution in [3.05, 3.63) is 35.1 Å². The smallest absolute Gasteiger partial charge is 0.153 e. The van der Waals surface area contributed by atoms with Crippen molar-refractivity contribution >= 4 is 9.84 Å². The summed E-state index contributed by atoms with van der Waals surface area (Å²) in [6.07, 6.45) is 2.98. The number of nitrogens with one attached hydrogen (secondary N) is 1. The van der Waals surface area contributed by atoms with E-state index in [1.165, 1.54) is 12.3 Å². The van der Waals surface area contributed by atoms with Crippen molar-refractivity contribution in [1.82, 2.24) is 5.32 Å². The first-order valence-electron chi connectivity index (χ1n) is 6.42. The summed E-state index contributed by atoms with van der Waals surface area (Å²) in [5.41, 5.74) is 2.11. The Balaban J connectivity index is 2.08. The first kappa shape index (κ1) is 14.5. The molecule has 0 spiro atoms. The minimum Gasteiger partial charge on any atom is -0.308 e. The fraction of sp³-hybridized carbons (Fsp3) is 0.571. The lowest BCUT2D eigenvalue weighted by Crippen LogP contribution is -2.42. The van der Waals surface area contributed by atoms with Crippen molar-refractivity contribution in [2.45, 2.75) is 37.5 Å². The molecule has 5 heteroatoms. The van der Waals surface area contributed by atoms with Gasteiger partial charge in [0.2, 0.25) is 0 Å². The average molecular weight is 285 g/mol. The molecule has 1 aromatic carbocycles. The van der Waals surface area contributed by atoms with Gasteiger partial charge in [-0.05, 0) is 49.9 Å². The number of benzene rings is 1. The summed E-state index contributed by atoms with van der Waals surface area (Å²) in [6, 6.07) is 4.94. The van der Waals surface area contributed by atoms with Crippen LogP contribution in [0.3, 0.4) is 0 Å². The van der Waals surface area contributed by atoms with Crippen LogP contribution in [0, 0.1) is 5.82 Å². The number of hydrogen-bond acceptors (Lipinski definition) is 3. The number of hydrogen-bond donors (Lipinski definition) is 1. The van der Waals surface area contributed by atoms with Crippen LogP contribution in [0.5, 0.6) is 0 Å². The van der Waals surface area contributed by atoms with Crippen LogP contribution in [0.15, 0.2) is 18.2 Å². The van der Waals surface area contributed by atoms with Gasteiger partial charge in [0.1, 0.15) is 5.82 Å². The van der Waals surface area contributed by atoms with Gasteiger partial charge in [-0.15, -0.1) is 0 Å². The van der Waals surface area contributed by atoms with E-state index in [1.807, 2.05) is 0 Å². The van der Waals surface area contributed by atoms with E-state index < -0.39 is 14.6 Å². The zero-order valence-electron chi connectivity index (χ0n) is 11.5. The lowest BCUT2D eigenvalue weighted by atomic mass is 10.1. The zero-order chi connectivity index (χ0) is 14.3. The summed E-state index contributed by atoms with van der Waals surface area (Å²) in [4.78, 5) is 0. The number of fused-ring (bicyclic) bond motifs is 1. The van der Waals surface area contributed by atoms with Gasteiger partial charge >= 0.3 is 0 Å². The number of aryl methyl sites for hydroxylation is 1. The van der Waals surface area contributed by atoms with Crippen LogP contribution < -0.4 is 5.32 Å². The monoisotopic (exact) mass is 285 g/mol. The van der Waals surface area contributed by atoms with E-state index in [1.54, 1.807) is 26.0 Å². The van der Waals surface area contributed by atoms with Crippen LogP contribution in [-0.4, -0.2) is 26.0 Å². The normalized spacial score (nSPS) is 19.5. The molecule has 1 aromatic rings. The third-order valence-electron chi connectivity index (χ3n) is 3.96. The van der Waals surface area contributed by atoms with Crippen LogP contribution in [0.2, 0.25) is 0 Å². The Morgan fingerprint density at radius 3 is 2.74 bits per heavy atom. The maximum Gasteiger partial charge on any atom is 0.153 e. The van der Waals surface area contributed by atoms with Gasteiger partial charge in [-0.2, -0.15) is 0 Å². The predicted octanol–water partition coefficient (Wildman–Crippen LogP) is 2.23. The van der Waals surface area contributed by atoms with Gasteiger partial charge in [0, 0.05) is 18.8 Å². The third-order valence-corrected chi connectivity index (χ3v) is 6.11. The maximum atomic E-state index is 13.1. The molecule has 0 amide bonds. The molecule has 1 aliphatic carbocycles. The highest BCUT2D eigenvalue weighted by Gasteiger charge is 2.32. The summed E-state index contributed by atoms with van der Waals surface area (Å²) < 4.78 is 35.6. The van der Waals surface area contributed by atoms with E-state index in [2.05, 4.69) is 5.32 Å². The quantitative estimate of drug-likeness (QED) is 0.922. The van der Waals surface area contributed by atoms with E-state index in [4.69, 9.17) is 0 Å². The molecule has 2 rings (SSSR count). The highest BCUT2D eigenvalue weighted by Crippen LogP contribution is 2.32. The van der Waals surface area contributed by atoms with Gasteiger partial charge in [0.05, 0.1) is 4.75 Å². The van der Waals surface area contributed by atoms with E-state index in [0.717, 1.165) is 24.0 Å². The van der Waals surface area contributed by atoms with Gasteiger partial charge in [-0.25, -0.2) is 12.8 Å². The van der Waals surface area contributed by atoms with E-state index in [9.17, 15) is 12.8 Å². The van der Waals surface area contributed by atoms with Gasteiger partial charge in [0.25, 0.3) is 0 Å². The van der Waals surface area contributed by atoms with Gasteiger partial charge in [0.15, 0.2) is 9.84 Å². The molecule has 0 saturated heterocycles. The summed E-state index contributed by atoms with van der Waals surface area (Å²) in [5.74, 6) is -0.212. The molecule has 0 heterocycles. The fourth-order valence-corrected chi connectivity index (χ4v) is 2.64. The molecule has 0 fully saturated rings. The Morgan fingerprint density at radius 2 is 2.11 bits per heavy atom. The number of halogens is 1. The molecule has 0 aromatic heterocycles. The van der Waals surface area contributed by atoms with Crippen molar-refractivity contribution < 1.29 is 12.8 Å². The molecule has 1 aliphatic rings. The molecule has 1 atom stereocenters. The lowest BCUT2D eigenvalue weighted by molar-refractivity contribution is 0.470. The van der Waals surface area contributed by atoms with Crippen LogP contribution in [0.25, 0.3) is 0 Å². The van der Waals surface area contributed by atoms with E-state index >= 15 is 0 Å². The topological polar surface area (TPSA) is 46.2 Å². The summed E-state index contributed by atoms with van der Waals surface area (Å²) in [5, 5.41) is 3.30. The predicted molar refractivity (Wildman–Crippen MR) is 74.4 cm³/mol. The SMILES string of the molecule is CC(C)(CNC1CCc2cc(F)ccc21)S(C)(=O)=O. The zero-order valence-corrected chi connectivity index (χ0v) is 12.3. The van der Waals surface area contributed by atoms with Crippen molar-refractivity contribution in [3.8, 4) is 0 Å². The van der Waals surface area contributed by atoms with Crippen molar-refractivity contribution in [2.24, 2.45) is 0 Å². The molecule has 3 nitrogen and oxygen atoms in total. The number of sulfone groups is 1. The van der Waals surface area contributed by atoms with E-state index in [0.29, 0.717) is 6.54 Å². The average Bonchev–Trinajstić information content (AvgIpc) is 2.67. The molecule has 0 saturated carbocycles. The molecule has 0 aliphatic heterocycles. The highest BCUT2D eigenvalue weighted by atomic mass is 32.2. The Kier molecular flexibility index (Phi) is 3.71. The lowest BCUT2D eigenvalue weighted by Gasteiger charge is -2.25. The Labute approximate surface area is 114 Å². The van der Waals surface area contributed by atoms with Crippen molar-refractivity contribution in [1.29, 1.82) is 0 Å². The van der Waals surface area contributed by atoms with Gasteiger partial charge in [-0.1, -0.05) is 6.07 Å². The fourth-order valence-electron chi connectivity index (χ4n) is 2.30. The van der Waals surface area contributed by atoms with Crippen LogP contribution in [-0.2, 0) is 16.3 Å². The van der Waals surface area contributed by atoms with E-state index in [-0.39, 0.29) is 11.9 Å². The second-order valence-corrected chi connectivity index (χ2v) is 8.50. The minimum atomic E-state index is -3.10. The van der Waals surface area contributed by atoms with Crippen LogP contribution in [0.1, 0.15) is 37.4 Å².